The molecule has 0 spiro atoms. The van der Waals surface area contributed by atoms with E-state index in [1.807, 2.05) is 0 Å². The highest BCUT2D eigenvalue weighted by Crippen LogP contribution is 2.37. The van der Waals surface area contributed by atoms with Gasteiger partial charge in [0.2, 0.25) is 0 Å². The highest BCUT2D eigenvalue weighted by Gasteiger charge is 2.25. The summed E-state index contributed by atoms with van der Waals surface area (Å²) in [5, 5.41) is 4.90. The largest absolute Gasteiger partial charge is 0.312 e. The number of nitrogens with zero attached hydrogens (tertiary/aromatic N) is 1. The van der Waals surface area contributed by atoms with Crippen LogP contribution >= 0.6 is 0 Å². The number of nitrogens with one attached hydrogen (secondary N) is 1. The molecule has 1 aromatic heterocycles. The molecule has 1 N–H and O–H groups in total. The first-order valence-electron chi connectivity index (χ1n) is 7.71. The van der Waals surface area contributed by atoms with Crippen molar-refractivity contribution in [1.82, 2.24) is 9.88 Å². The van der Waals surface area contributed by atoms with Crippen LogP contribution in [0.25, 0.3) is 16.6 Å². The van der Waals surface area contributed by atoms with E-state index >= 15 is 0 Å². The average molecular weight is 273 g/mol. The number of fused-ring (bicyclic) bond motifs is 5. The van der Waals surface area contributed by atoms with Crippen molar-refractivity contribution in [2.24, 2.45) is 0 Å². The molecule has 0 fully saturated rings. The Labute approximate surface area is 124 Å². The summed E-state index contributed by atoms with van der Waals surface area (Å²) in [6.07, 6.45) is 4.60. The maximum atomic E-state index is 3.48. The molecule has 2 heteroatoms. The van der Waals surface area contributed by atoms with Crippen LogP contribution in [0.1, 0.15) is 22.4 Å². The van der Waals surface area contributed by atoms with Crippen molar-refractivity contribution in [2.75, 3.05) is 6.54 Å². The van der Waals surface area contributed by atoms with Crippen molar-refractivity contribution >= 4 is 10.9 Å². The maximum Gasteiger partial charge on any atom is 0.0567 e. The number of aryl methyl sites for hydroxylation is 2. The molecule has 1 radical (unpaired) electrons. The van der Waals surface area contributed by atoms with Crippen molar-refractivity contribution in [2.45, 2.75) is 19.4 Å². The zero-order valence-corrected chi connectivity index (χ0v) is 11.9. The highest BCUT2D eigenvalue weighted by atomic mass is 15.0. The minimum Gasteiger partial charge on any atom is -0.312 e. The molecule has 2 aromatic carbocycles. The van der Waals surface area contributed by atoms with Gasteiger partial charge in [-0.05, 0) is 35.6 Å². The standard InChI is InChI=1S/C19H17N2/c1-2-7-17-13(4-1)8-9-14-5-3-6-15-16-12-20-11-10-18(16)21(17)19(14)15/h1-7,10,20H,8-9,11-12H2. The molecule has 2 aliphatic rings. The average Bonchev–Trinajstić information content (AvgIpc) is 2.78. The van der Waals surface area contributed by atoms with Crippen LogP contribution in [0.5, 0.6) is 0 Å². The first-order chi connectivity index (χ1) is 10.4. The molecule has 3 heterocycles. The molecular formula is C19H17N2. The van der Waals surface area contributed by atoms with E-state index in [4.69, 9.17) is 0 Å². The third kappa shape index (κ3) is 1.51. The van der Waals surface area contributed by atoms with E-state index in [1.165, 1.54) is 39.0 Å². The number of rotatable bonds is 0. The van der Waals surface area contributed by atoms with Crippen molar-refractivity contribution in [3.8, 4) is 5.69 Å². The molecular weight excluding hydrogens is 256 g/mol. The fourth-order valence-corrected chi connectivity index (χ4v) is 3.92. The predicted octanol–water partition coefficient (Wildman–Crippen LogP) is 3.38. The molecule has 2 aliphatic heterocycles. The Balaban J connectivity index is 1.98. The van der Waals surface area contributed by atoms with Crippen LogP contribution in [0.15, 0.2) is 42.5 Å². The fourth-order valence-electron chi connectivity index (χ4n) is 3.92. The summed E-state index contributed by atoms with van der Waals surface area (Å²) >= 11 is 0. The third-order valence-electron chi connectivity index (χ3n) is 4.86. The van der Waals surface area contributed by atoms with Crippen LogP contribution in [0.3, 0.4) is 0 Å². The summed E-state index contributed by atoms with van der Waals surface area (Å²) < 4.78 is 2.50. The van der Waals surface area contributed by atoms with Gasteiger partial charge in [0.1, 0.15) is 0 Å². The number of para-hydroxylation sites is 2. The quantitative estimate of drug-likeness (QED) is 0.664. The Kier molecular flexibility index (Phi) is 2.33. The van der Waals surface area contributed by atoms with Gasteiger partial charge in [-0.2, -0.15) is 0 Å². The number of aromatic nitrogens is 1. The number of hydrogen-bond donors (Lipinski definition) is 1. The van der Waals surface area contributed by atoms with Gasteiger partial charge >= 0.3 is 0 Å². The van der Waals surface area contributed by atoms with E-state index in [1.54, 1.807) is 0 Å². The monoisotopic (exact) mass is 273 g/mol. The molecule has 0 bridgehead atoms. The molecule has 21 heavy (non-hydrogen) atoms. The topological polar surface area (TPSA) is 17.0 Å². The SMILES string of the molecule is [CH]1CNCc2c1n1c3c(cccc23)CCc2ccccc2-1. The summed E-state index contributed by atoms with van der Waals surface area (Å²) in [6, 6.07) is 15.7. The van der Waals surface area contributed by atoms with Crippen LogP contribution in [-0.4, -0.2) is 11.1 Å². The number of hydrogen-bond acceptors (Lipinski definition) is 1. The van der Waals surface area contributed by atoms with Gasteiger partial charge < -0.3 is 9.88 Å². The first-order valence-corrected chi connectivity index (χ1v) is 7.71. The molecule has 0 saturated heterocycles. The number of benzene rings is 2. The summed E-state index contributed by atoms with van der Waals surface area (Å²) in [5.74, 6) is 0. The van der Waals surface area contributed by atoms with Gasteiger partial charge in [0.15, 0.2) is 0 Å². The van der Waals surface area contributed by atoms with Crippen LogP contribution < -0.4 is 5.32 Å². The summed E-state index contributed by atoms with van der Waals surface area (Å²) in [5.41, 5.74) is 8.58. The lowest BCUT2D eigenvalue weighted by atomic mass is 10.0. The van der Waals surface area contributed by atoms with E-state index < -0.39 is 0 Å². The Morgan fingerprint density at radius 3 is 2.76 bits per heavy atom. The molecule has 0 atom stereocenters. The molecule has 0 amide bonds. The molecule has 0 saturated carbocycles. The van der Waals surface area contributed by atoms with Gasteiger partial charge in [0.05, 0.1) is 5.52 Å². The van der Waals surface area contributed by atoms with Gasteiger partial charge in [0, 0.05) is 36.3 Å². The Morgan fingerprint density at radius 1 is 0.905 bits per heavy atom. The lowest BCUT2D eigenvalue weighted by Gasteiger charge is -2.18. The molecule has 3 aromatic rings. The molecule has 0 unspecified atom stereocenters. The Hall–Kier alpha value is -2.06. The van der Waals surface area contributed by atoms with Gasteiger partial charge in [-0.1, -0.05) is 36.4 Å². The van der Waals surface area contributed by atoms with Gasteiger partial charge in [-0.15, -0.1) is 0 Å². The van der Waals surface area contributed by atoms with E-state index in [0.717, 1.165) is 25.9 Å². The first kappa shape index (κ1) is 11.6. The van der Waals surface area contributed by atoms with E-state index in [2.05, 4.69) is 58.8 Å². The third-order valence-corrected chi connectivity index (χ3v) is 4.86. The van der Waals surface area contributed by atoms with Crippen molar-refractivity contribution in [1.29, 1.82) is 0 Å². The van der Waals surface area contributed by atoms with Crippen LogP contribution in [0.2, 0.25) is 0 Å². The van der Waals surface area contributed by atoms with Gasteiger partial charge in [-0.3, -0.25) is 0 Å². The smallest absolute Gasteiger partial charge is 0.0567 e. The lowest BCUT2D eigenvalue weighted by molar-refractivity contribution is 0.702. The van der Waals surface area contributed by atoms with Crippen LogP contribution in [0, 0.1) is 6.42 Å². The van der Waals surface area contributed by atoms with Gasteiger partial charge in [0.25, 0.3) is 0 Å². The second-order valence-electron chi connectivity index (χ2n) is 5.98. The molecule has 2 nitrogen and oxygen atoms in total. The molecule has 0 aliphatic carbocycles. The van der Waals surface area contributed by atoms with Crippen LogP contribution in [0.4, 0.5) is 0 Å². The van der Waals surface area contributed by atoms with E-state index in [0.29, 0.717) is 0 Å². The Morgan fingerprint density at radius 2 is 1.76 bits per heavy atom. The lowest BCUT2D eigenvalue weighted by Crippen LogP contribution is -2.23. The second-order valence-corrected chi connectivity index (χ2v) is 5.98. The summed E-state index contributed by atoms with van der Waals surface area (Å²) in [7, 11) is 0. The summed E-state index contributed by atoms with van der Waals surface area (Å²) in [6.45, 7) is 1.93. The molecule has 5 rings (SSSR count). The zero-order chi connectivity index (χ0) is 13.8. The molecule has 103 valence electrons. The van der Waals surface area contributed by atoms with Crippen molar-refractivity contribution in [3.05, 3.63) is 71.3 Å². The normalized spacial score (nSPS) is 16.4. The second kappa shape index (κ2) is 4.22. The minimum atomic E-state index is 0.959. The van der Waals surface area contributed by atoms with E-state index in [-0.39, 0.29) is 0 Å². The fraction of sp³-hybridized carbons (Fsp3) is 0.211. The predicted molar refractivity (Wildman–Crippen MR) is 85.8 cm³/mol. The highest BCUT2D eigenvalue weighted by molar-refractivity contribution is 5.91. The maximum absolute atomic E-state index is 3.48. The minimum absolute atomic E-state index is 0.959. The van der Waals surface area contributed by atoms with Crippen LogP contribution in [-0.2, 0) is 19.4 Å². The van der Waals surface area contributed by atoms with Crippen molar-refractivity contribution in [3.63, 3.8) is 0 Å². The van der Waals surface area contributed by atoms with Crippen molar-refractivity contribution < 1.29 is 0 Å². The zero-order valence-electron chi connectivity index (χ0n) is 11.9. The Bertz CT molecular complexity index is 857. The van der Waals surface area contributed by atoms with E-state index in [9.17, 15) is 0 Å². The summed E-state index contributed by atoms with van der Waals surface area (Å²) in [4.78, 5) is 0. The van der Waals surface area contributed by atoms with Gasteiger partial charge in [-0.25, -0.2) is 0 Å².